The average Bonchev–Trinajstić information content (AvgIpc) is 2.99. The molecule has 0 bridgehead atoms. The Bertz CT molecular complexity index is 983. The van der Waals surface area contributed by atoms with Gasteiger partial charge < -0.3 is 18.7 Å². The number of hydroxylamine groups is 4. The van der Waals surface area contributed by atoms with Crippen LogP contribution in [-0.4, -0.2) is 112 Å². The van der Waals surface area contributed by atoms with Crippen LogP contribution in [0.3, 0.4) is 0 Å². The monoisotopic (exact) mass is 749 g/mol. The molecule has 3 rings (SSSR count). The molecule has 1 atom stereocenters. The molecule has 0 saturated carbocycles. The van der Waals surface area contributed by atoms with Gasteiger partial charge in [0.15, 0.2) is 0 Å². The minimum atomic E-state index is -1.09. The van der Waals surface area contributed by atoms with E-state index >= 15 is 0 Å². The third-order valence-corrected chi connectivity index (χ3v) is 13.2. The first-order chi connectivity index (χ1) is 23.1. The predicted molar refractivity (Wildman–Crippen MR) is 209 cm³/mol. The van der Waals surface area contributed by atoms with Crippen LogP contribution in [0.2, 0.25) is 0 Å². The molecule has 0 aromatic rings. The zero-order valence-corrected chi connectivity index (χ0v) is 36.6. The van der Waals surface area contributed by atoms with Crippen molar-refractivity contribution in [2.45, 2.75) is 183 Å². The minimum absolute atomic E-state index is 0.0511. The largest absolute Gasteiger partial charge is 0.396 e. The zero-order chi connectivity index (χ0) is 37.6. The van der Waals surface area contributed by atoms with Crippen LogP contribution in [0.1, 0.15) is 148 Å². The van der Waals surface area contributed by atoms with Gasteiger partial charge in [0.2, 0.25) is 0 Å². The number of rotatable bonds is 19. The van der Waals surface area contributed by atoms with E-state index in [1.807, 2.05) is 0 Å². The van der Waals surface area contributed by atoms with E-state index in [1.165, 1.54) is 12.8 Å². The van der Waals surface area contributed by atoms with Crippen LogP contribution < -0.4 is 0 Å². The van der Waals surface area contributed by atoms with Gasteiger partial charge in [-0.25, -0.2) is 4.67 Å². The van der Waals surface area contributed by atoms with E-state index in [0.717, 1.165) is 64.8 Å². The maximum Gasteiger partial charge on any atom is 0.259 e. The molecule has 0 spiro atoms. The Labute approximate surface area is 310 Å². The first kappa shape index (κ1) is 44.9. The second-order valence-corrected chi connectivity index (χ2v) is 21.8. The number of aliphatic hydroxyl groups excluding tert-OH is 1. The first-order valence-electron chi connectivity index (χ1n) is 19.5. The van der Waals surface area contributed by atoms with Gasteiger partial charge in [-0.1, -0.05) is 40.5 Å². The summed E-state index contributed by atoms with van der Waals surface area (Å²) in [5.41, 5.74) is -0.538. The molecule has 1 unspecified atom stereocenters. The van der Waals surface area contributed by atoms with Crippen molar-refractivity contribution in [2.75, 3.05) is 52.7 Å². The van der Waals surface area contributed by atoms with E-state index < -0.39 is 8.53 Å². The number of nitrogens with zero attached hydrogens (tertiary/aromatic N) is 4. The third-order valence-electron chi connectivity index (χ3n) is 10.5. The van der Waals surface area contributed by atoms with Gasteiger partial charge in [0.05, 0.1) is 48.6 Å². The second kappa shape index (κ2) is 18.4. The molecule has 3 aliphatic rings. The maximum atomic E-state index is 9.83. The highest BCUT2D eigenvalue weighted by Gasteiger charge is 2.50. The molecule has 3 saturated heterocycles. The second-order valence-electron chi connectivity index (χ2n) is 19.2. The summed E-state index contributed by atoms with van der Waals surface area (Å²) in [6.07, 6.45) is 8.69. The van der Waals surface area contributed by atoms with Crippen LogP contribution in [0.25, 0.3) is 0 Å². The van der Waals surface area contributed by atoms with Crippen LogP contribution in [0, 0.1) is 10.8 Å². The smallest absolute Gasteiger partial charge is 0.259 e. The molecule has 50 heavy (non-hydrogen) atoms. The molecule has 3 aliphatic heterocycles. The Balaban J connectivity index is 1.65. The van der Waals surface area contributed by atoms with Crippen LogP contribution in [0.15, 0.2) is 0 Å². The van der Waals surface area contributed by atoms with E-state index in [0.29, 0.717) is 31.9 Å². The number of aliphatic hydroxyl groups is 1. The zero-order valence-electron chi connectivity index (χ0n) is 34.7. The fourth-order valence-corrected chi connectivity index (χ4v) is 11.7. The summed E-state index contributed by atoms with van der Waals surface area (Å²) in [5, 5.41) is 14.3. The lowest BCUT2D eigenvalue weighted by atomic mass is 9.79. The first-order valence-corrected chi connectivity index (χ1v) is 21.5. The number of hydrogen-bond donors (Lipinski definition) is 1. The summed E-state index contributed by atoms with van der Waals surface area (Å²) in [6.45, 7) is 36.8. The van der Waals surface area contributed by atoms with Gasteiger partial charge in [-0.3, -0.25) is 14.3 Å². The Morgan fingerprint density at radius 3 is 1.60 bits per heavy atom. The molecule has 0 radical (unpaired) electrons. The molecule has 1 N–H and O–H groups in total. The van der Waals surface area contributed by atoms with Crippen molar-refractivity contribution in [2.24, 2.45) is 10.8 Å². The lowest BCUT2D eigenvalue weighted by molar-refractivity contribution is -0.284. The van der Waals surface area contributed by atoms with Gasteiger partial charge in [-0.15, -0.1) is 0 Å². The lowest BCUT2D eigenvalue weighted by Crippen LogP contribution is -2.63. The minimum Gasteiger partial charge on any atom is -0.396 e. The van der Waals surface area contributed by atoms with Crippen LogP contribution >= 0.6 is 17.5 Å². The fraction of sp³-hybridized carbons (Fsp3) is 1.00. The fourth-order valence-electron chi connectivity index (χ4n) is 8.46. The quantitative estimate of drug-likeness (QED) is 0.102. The summed E-state index contributed by atoms with van der Waals surface area (Å²) < 4.78 is 24.5. The third kappa shape index (κ3) is 12.5. The average molecular weight is 749 g/mol. The van der Waals surface area contributed by atoms with Crippen molar-refractivity contribution in [1.29, 1.82) is 0 Å². The Morgan fingerprint density at radius 1 is 0.720 bits per heavy atom. The number of hydrogen-bond acceptors (Lipinski definition) is 10. The van der Waals surface area contributed by atoms with Gasteiger partial charge in [0.25, 0.3) is 8.53 Å². The van der Waals surface area contributed by atoms with E-state index in [1.54, 1.807) is 0 Å². The van der Waals surface area contributed by atoms with E-state index in [4.69, 9.17) is 23.2 Å². The highest BCUT2D eigenvalue weighted by Crippen LogP contribution is 2.54. The number of unbranched alkanes of at least 4 members (excludes halogenated alkanes) is 3. The molecule has 10 nitrogen and oxygen atoms in total. The highest BCUT2D eigenvalue weighted by molar-refractivity contribution is 7.44. The van der Waals surface area contributed by atoms with Crippen LogP contribution in [0.5, 0.6) is 0 Å². The van der Waals surface area contributed by atoms with Gasteiger partial charge in [0, 0.05) is 58.2 Å². The standard InChI is InChI=1S/C38H78N4O6P2/c1-15-44-41-35(7,8)23-31(24-36(41,9)10)39(49-46-28-33(3,4)27-43)21-19-17-18-20-22-40(50-47-29-34(5,6)30-48-50)32-25-37(11,12)42(45-16-2)38(13,14)26-32/h31-32,43,49H,15-30H2,1-14H3. The molecular weight excluding hydrogens is 670 g/mol. The van der Waals surface area contributed by atoms with Crippen LogP contribution in [-0.2, 0) is 23.2 Å². The molecule has 0 aromatic carbocycles. The van der Waals surface area contributed by atoms with E-state index in [9.17, 15) is 5.11 Å². The van der Waals surface area contributed by atoms with Crippen LogP contribution in [0.4, 0.5) is 0 Å². The predicted octanol–water partition coefficient (Wildman–Crippen LogP) is 8.94. The SMILES string of the molecule is CCON1C(C)(C)CC(N(CCCCCCN(C2CC(C)(C)N(OCC)C(C)(C)C2)P2OCC(C)(C)CO2)POCC(C)(C)CO)CC1(C)C. The highest BCUT2D eigenvalue weighted by atomic mass is 31.2. The van der Waals surface area contributed by atoms with Gasteiger partial charge in [0.1, 0.15) is 0 Å². The van der Waals surface area contributed by atoms with Gasteiger partial charge in [-0.05, 0) is 108 Å². The van der Waals surface area contributed by atoms with Crippen molar-refractivity contribution in [3.63, 3.8) is 0 Å². The maximum absolute atomic E-state index is 9.83. The van der Waals surface area contributed by atoms with E-state index in [2.05, 4.69) is 116 Å². The van der Waals surface area contributed by atoms with Crippen molar-refractivity contribution < 1.29 is 28.4 Å². The van der Waals surface area contributed by atoms with Crippen molar-refractivity contribution >= 4 is 17.5 Å². The van der Waals surface area contributed by atoms with Gasteiger partial charge in [-0.2, -0.15) is 10.1 Å². The number of piperidine rings is 2. The van der Waals surface area contributed by atoms with Gasteiger partial charge >= 0.3 is 0 Å². The van der Waals surface area contributed by atoms with E-state index in [-0.39, 0.29) is 48.6 Å². The normalized spacial score (nSPS) is 25.4. The summed E-state index contributed by atoms with van der Waals surface area (Å²) >= 11 is 0. The van der Waals surface area contributed by atoms with Crippen molar-refractivity contribution in [3.05, 3.63) is 0 Å². The van der Waals surface area contributed by atoms with Crippen molar-refractivity contribution in [1.82, 2.24) is 19.5 Å². The molecule has 0 amide bonds. The molecule has 3 heterocycles. The lowest BCUT2D eigenvalue weighted by Gasteiger charge is -2.56. The summed E-state index contributed by atoms with van der Waals surface area (Å²) in [4.78, 5) is 12.4. The topological polar surface area (TPSA) is 79.3 Å². The molecule has 0 aromatic heterocycles. The molecule has 12 heteroatoms. The molecular formula is C38H78N4O6P2. The Morgan fingerprint density at radius 2 is 1.16 bits per heavy atom. The molecule has 3 fully saturated rings. The summed E-state index contributed by atoms with van der Waals surface area (Å²) in [5.74, 6) is 0. The molecule has 296 valence electrons. The molecule has 0 aliphatic carbocycles. The Hall–Kier alpha value is 0.460. The summed E-state index contributed by atoms with van der Waals surface area (Å²) in [7, 11) is -0.809. The van der Waals surface area contributed by atoms with Crippen molar-refractivity contribution in [3.8, 4) is 0 Å². The summed E-state index contributed by atoms with van der Waals surface area (Å²) in [6, 6.07) is 0.778. The Kier molecular flexibility index (Phi) is 16.5.